The van der Waals surface area contributed by atoms with Gasteiger partial charge in [-0.2, -0.15) is 5.10 Å². The van der Waals surface area contributed by atoms with Crippen molar-refractivity contribution in [2.45, 2.75) is 72.1 Å². The number of carbonyl (C=O) groups excluding carboxylic acids is 2. The topological polar surface area (TPSA) is 116 Å². The molecule has 11 heteroatoms. The third kappa shape index (κ3) is 5.43. The van der Waals surface area contributed by atoms with Crippen LogP contribution in [-0.2, 0) is 31.3 Å². The number of amides is 2. The molecule has 6 rings (SSSR count). The van der Waals surface area contributed by atoms with E-state index in [0.717, 1.165) is 47.8 Å². The van der Waals surface area contributed by atoms with Crippen LogP contribution in [0.25, 0.3) is 22.3 Å². The first-order chi connectivity index (χ1) is 20.1. The van der Waals surface area contributed by atoms with E-state index in [-0.39, 0.29) is 12.0 Å². The van der Waals surface area contributed by atoms with Crippen LogP contribution in [0, 0.1) is 6.92 Å². The fraction of sp³-hybridized carbons (Fsp3) is 0.452. The fourth-order valence-corrected chi connectivity index (χ4v) is 5.67. The van der Waals surface area contributed by atoms with E-state index < -0.39 is 5.60 Å². The van der Waals surface area contributed by atoms with Gasteiger partial charge in [-0.3, -0.25) is 15.1 Å². The smallest absolute Gasteiger partial charge is 0.410 e. The first kappa shape index (κ1) is 27.7. The lowest BCUT2D eigenvalue weighted by atomic mass is 9.98. The summed E-state index contributed by atoms with van der Waals surface area (Å²) in [5, 5.41) is 7.46. The Morgan fingerprint density at radius 1 is 1.10 bits per heavy atom. The summed E-state index contributed by atoms with van der Waals surface area (Å²) in [6.45, 7) is 9.70. The van der Waals surface area contributed by atoms with Gasteiger partial charge in [-0.25, -0.2) is 14.5 Å². The molecule has 0 spiro atoms. The van der Waals surface area contributed by atoms with E-state index >= 15 is 0 Å². The van der Waals surface area contributed by atoms with Crippen LogP contribution < -0.4 is 10.1 Å². The molecular weight excluding hydrogens is 534 g/mol. The predicted octanol–water partition coefficient (Wildman–Crippen LogP) is 5.25. The van der Waals surface area contributed by atoms with Crippen molar-refractivity contribution in [3.8, 4) is 17.1 Å². The molecule has 3 aromatic heterocycles. The molecule has 0 unspecified atom stereocenters. The van der Waals surface area contributed by atoms with Crippen molar-refractivity contribution < 1.29 is 19.1 Å². The molecule has 0 aliphatic carbocycles. The Kier molecular flexibility index (Phi) is 7.12. The largest absolute Gasteiger partial charge is 0.477 e. The van der Waals surface area contributed by atoms with Crippen LogP contribution in [0.2, 0.25) is 0 Å². The lowest BCUT2D eigenvalue weighted by molar-refractivity contribution is 0.0224. The Labute approximate surface area is 244 Å². The minimum Gasteiger partial charge on any atom is -0.477 e. The number of carbonyl (C=O) groups is 2. The van der Waals surface area contributed by atoms with E-state index in [0.29, 0.717) is 55.0 Å². The summed E-state index contributed by atoms with van der Waals surface area (Å²) < 4.78 is 15.6. The standard InChI is InChI=1S/C31H37N7O4/c1-19-15-21-16-25(33-19)22-17-32-36(5)28(22)41-14-8-6-7-12-38-26-23-18-37(30(40)42-31(2,3)4)13-11-20(23)9-10-24(26)34-29(38)35-27(21)39/h9-10,15-17H,6-8,11-14,18H2,1-5H3,(H,34,35,39). The molecule has 220 valence electrons. The van der Waals surface area contributed by atoms with Crippen molar-refractivity contribution in [2.24, 2.45) is 7.05 Å². The molecule has 0 saturated heterocycles. The van der Waals surface area contributed by atoms with Gasteiger partial charge in [0.15, 0.2) is 0 Å². The van der Waals surface area contributed by atoms with Crippen LogP contribution >= 0.6 is 0 Å². The monoisotopic (exact) mass is 571 g/mol. The molecule has 1 aromatic carbocycles. The van der Waals surface area contributed by atoms with Gasteiger partial charge in [-0.05, 0) is 77.1 Å². The maximum absolute atomic E-state index is 13.7. The van der Waals surface area contributed by atoms with Crippen LogP contribution in [0.4, 0.5) is 10.7 Å². The Bertz CT molecular complexity index is 1680. The second kappa shape index (κ2) is 10.8. The van der Waals surface area contributed by atoms with Gasteiger partial charge in [0, 0.05) is 37.0 Å². The summed E-state index contributed by atoms with van der Waals surface area (Å²) in [6, 6.07) is 7.62. The van der Waals surface area contributed by atoms with E-state index in [9.17, 15) is 9.59 Å². The molecular formula is C31H37N7O4. The third-order valence-electron chi connectivity index (χ3n) is 7.63. The van der Waals surface area contributed by atoms with Gasteiger partial charge in [0.05, 0.1) is 41.6 Å². The van der Waals surface area contributed by atoms with Crippen molar-refractivity contribution in [3.63, 3.8) is 0 Å². The van der Waals surface area contributed by atoms with Crippen molar-refractivity contribution in [1.82, 2.24) is 29.2 Å². The van der Waals surface area contributed by atoms with Crippen LogP contribution in [0.1, 0.15) is 67.2 Å². The molecule has 0 atom stereocenters. The van der Waals surface area contributed by atoms with Gasteiger partial charge < -0.3 is 18.9 Å². The number of aryl methyl sites for hydroxylation is 3. The highest BCUT2D eigenvalue weighted by molar-refractivity contribution is 6.05. The molecule has 1 N–H and O–H groups in total. The quantitative estimate of drug-likeness (QED) is 0.306. The van der Waals surface area contributed by atoms with E-state index in [1.54, 1.807) is 27.9 Å². The molecule has 0 radical (unpaired) electrons. The van der Waals surface area contributed by atoms with E-state index in [1.165, 1.54) is 5.56 Å². The third-order valence-corrected chi connectivity index (χ3v) is 7.63. The summed E-state index contributed by atoms with van der Waals surface area (Å²) >= 11 is 0. The number of hydrogen-bond donors (Lipinski definition) is 1. The number of ether oxygens (including phenoxy) is 2. The molecule has 42 heavy (non-hydrogen) atoms. The molecule has 0 fully saturated rings. The minimum atomic E-state index is -0.573. The van der Waals surface area contributed by atoms with Gasteiger partial charge >= 0.3 is 6.09 Å². The zero-order chi connectivity index (χ0) is 29.6. The van der Waals surface area contributed by atoms with Crippen molar-refractivity contribution in [2.75, 3.05) is 18.5 Å². The van der Waals surface area contributed by atoms with Gasteiger partial charge in [0.25, 0.3) is 5.91 Å². The zero-order valence-corrected chi connectivity index (χ0v) is 24.9. The number of nitrogens with one attached hydrogen (secondary N) is 1. The van der Waals surface area contributed by atoms with E-state index in [2.05, 4.69) is 26.0 Å². The van der Waals surface area contributed by atoms with Crippen LogP contribution in [0.5, 0.6) is 5.88 Å². The number of hydrogen-bond acceptors (Lipinski definition) is 7. The molecule has 2 aliphatic heterocycles. The van der Waals surface area contributed by atoms with Crippen LogP contribution in [0.3, 0.4) is 0 Å². The fourth-order valence-electron chi connectivity index (χ4n) is 5.67. The summed E-state index contributed by atoms with van der Waals surface area (Å²) in [5.41, 5.74) is 5.94. The number of anilines is 1. The normalized spacial score (nSPS) is 15.9. The van der Waals surface area contributed by atoms with Gasteiger partial charge in [0.1, 0.15) is 5.60 Å². The highest BCUT2D eigenvalue weighted by atomic mass is 16.6. The number of imidazole rings is 1. The highest BCUT2D eigenvalue weighted by Gasteiger charge is 2.29. The molecule has 5 heterocycles. The van der Waals surface area contributed by atoms with Crippen molar-refractivity contribution >= 4 is 29.0 Å². The van der Waals surface area contributed by atoms with Crippen LogP contribution in [0.15, 0.2) is 30.5 Å². The lowest BCUT2D eigenvalue weighted by Crippen LogP contribution is -2.40. The highest BCUT2D eigenvalue weighted by Crippen LogP contribution is 2.33. The van der Waals surface area contributed by atoms with Crippen LogP contribution in [-0.4, -0.2) is 60.0 Å². The van der Waals surface area contributed by atoms with Gasteiger partial charge in [-0.15, -0.1) is 0 Å². The summed E-state index contributed by atoms with van der Waals surface area (Å²) in [5.74, 6) is 0.847. The number of rotatable bonds is 0. The number of nitrogens with zero attached hydrogens (tertiary/aromatic N) is 6. The average molecular weight is 572 g/mol. The summed E-state index contributed by atoms with van der Waals surface area (Å²) in [4.78, 5) is 37.9. The zero-order valence-electron chi connectivity index (χ0n) is 24.9. The number of benzene rings is 1. The molecule has 11 nitrogen and oxygen atoms in total. The Hall–Kier alpha value is -4.41. The average Bonchev–Trinajstić information content (AvgIpc) is 3.48. The summed E-state index contributed by atoms with van der Waals surface area (Å²) in [6.07, 6.45) is 4.77. The molecule has 2 aliphatic rings. The molecule has 2 amide bonds. The van der Waals surface area contributed by atoms with E-state index in [1.807, 2.05) is 40.8 Å². The molecule has 0 saturated carbocycles. The van der Waals surface area contributed by atoms with Gasteiger partial charge in [-0.1, -0.05) is 6.07 Å². The SMILES string of the molecule is Cc1cc2cc(n1)-c1cnn(C)c1OCCCCCn1c(nc3ccc4c(c31)CN(C(=O)OC(C)(C)C)CC4)NC2=O. The van der Waals surface area contributed by atoms with Gasteiger partial charge in [0.2, 0.25) is 11.8 Å². The Morgan fingerprint density at radius 2 is 1.93 bits per heavy atom. The predicted molar refractivity (Wildman–Crippen MR) is 159 cm³/mol. The number of aromatic nitrogens is 5. The first-order valence-corrected chi connectivity index (χ1v) is 14.5. The maximum Gasteiger partial charge on any atom is 0.410 e. The molecule has 2 bridgehead atoms. The molecule has 4 aromatic rings. The van der Waals surface area contributed by atoms with Crippen molar-refractivity contribution in [1.29, 1.82) is 0 Å². The van der Waals surface area contributed by atoms with Crippen molar-refractivity contribution in [3.05, 3.63) is 52.8 Å². The maximum atomic E-state index is 13.7. The minimum absolute atomic E-state index is 0.274. The lowest BCUT2D eigenvalue weighted by Gasteiger charge is -2.31. The Morgan fingerprint density at radius 3 is 2.74 bits per heavy atom. The number of fused-ring (bicyclic) bond motifs is 9. The second-order valence-corrected chi connectivity index (χ2v) is 12.0. The Balaban J connectivity index is 1.40. The van der Waals surface area contributed by atoms with E-state index in [4.69, 9.17) is 14.5 Å². The summed E-state index contributed by atoms with van der Waals surface area (Å²) in [7, 11) is 1.84. The first-order valence-electron chi connectivity index (χ1n) is 14.5. The number of pyridine rings is 1. The second-order valence-electron chi connectivity index (χ2n) is 12.0.